The summed E-state index contributed by atoms with van der Waals surface area (Å²) in [4.78, 5) is 25.2. The number of aliphatic imine (C=N–C) groups is 1. The summed E-state index contributed by atoms with van der Waals surface area (Å²) < 4.78 is 26.1. The summed E-state index contributed by atoms with van der Waals surface area (Å²) in [5.74, 6) is -1.42. The highest BCUT2D eigenvalue weighted by Crippen LogP contribution is 2.35. The Kier molecular flexibility index (Phi) is 5.42. The second kappa shape index (κ2) is 7.22. The predicted molar refractivity (Wildman–Crippen MR) is 97.6 cm³/mol. The number of guanidine groups is 1. The third kappa shape index (κ3) is 3.73. The third-order valence-corrected chi connectivity index (χ3v) is 6.17. The molecule has 26 heavy (non-hydrogen) atoms. The standard InChI is InChI=1S/C15H13BrN4O5S/c1-8-6-13(26(24,25)12-5-3-2-4-10(12)16)11(20(22)23)7-9(8)14(21)19-15(17)18/h2-7H,1H3,(H4,17,18,19,21). The van der Waals surface area contributed by atoms with Gasteiger partial charge in [0.1, 0.15) is 4.90 Å². The van der Waals surface area contributed by atoms with Gasteiger partial charge in [-0.25, -0.2) is 8.42 Å². The molecular formula is C15H13BrN4O5S. The molecule has 0 saturated heterocycles. The van der Waals surface area contributed by atoms with E-state index in [9.17, 15) is 23.3 Å². The summed E-state index contributed by atoms with van der Waals surface area (Å²) in [5.41, 5.74) is 9.54. The summed E-state index contributed by atoms with van der Waals surface area (Å²) in [6, 6.07) is 7.84. The number of nitrogens with two attached hydrogens (primary N) is 2. The van der Waals surface area contributed by atoms with Gasteiger partial charge in [-0.2, -0.15) is 4.99 Å². The number of nitrogens with zero attached hydrogens (tertiary/aromatic N) is 2. The number of nitro benzene ring substituents is 1. The summed E-state index contributed by atoms with van der Waals surface area (Å²) in [6.07, 6.45) is 0. The summed E-state index contributed by atoms with van der Waals surface area (Å²) in [7, 11) is -4.22. The van der Waals surface area contributed by atoms with Crippen LogP contribution in [0.25, 0.3) is 0 Å². The Morgan fingerprint density at radius 1 is 1.19 bits per heavy atom. The van der Waals surface area contributed by atoms with E-state index in [0.29, 0.717) is 0 Å². The summed E-state index contributed by atoms with van der Waals surface area (Å²) in [5, 5.41) is 11.4. The van der Waals surface area contributed by atoms with Gasteiger partial charge in [0.15, 0.2) is 5.96 Å². The number of hydrogen-bond acceptors (Lipinski definition) is 5. The first-order valence-corrected chi connectivity index (χ1v) is 9.26. The van der Waals surface area contributed by atoms with Crippen LogP contribution in [0.1, 0.15) is 15.9 Å². The highest BCUT2D eigenvalue weighted by Gasteiger charge is 2.31. The van der Waals surface area contributed by atoms with Crippen molar-refractivity contribution in [2.24, 2.45) is 16.5 Å². The van der Waals surface area contributed by atoms with Gasteiger partial charge in [-0.05, 0) is 46.6 Å². The molecule has 0 bridgehead atoms. The van der Waals surface area contributed by atoms with Crippen LogP contribution in [0.2, 0.25) is 0 Å². The zero-order chi connectivity index (χ0) is 19.6. The van der Waals surface area contributed by atoms with Crippen molar-refractivity contribution in [1.29, 1.82) is 0 Å². The minimum Gasteiger partial charge on any atom is -0.370 e. The fraction of sp³-hybridized carbons (Fsp3) is 0.0667. The van der Waals surface area contributed by atoms with Crippen molar-refractivity contribution in [2.45, 2.75) is 16.7 Å². The van der Waals surface area contributed by atoms with Crippen LogP contribution in [0.4, 0.5) is 5.69 Å². The fourth-order valence-electron chi connectivity index (χ4n) is 2.22. The molecule has 0 aliphatic heterocycles. The number of aryl methyl sites for hydroxylation is 1. The molecule has 2 aromatic rings. The molecule has 0 unspecified atom stereocenters. The number of rotatable bonds is 4. The molecule has 4 N–H and O–H groups in total. The van der Waals surface area contributed by atoms with E-state index in [2.05, 4.69) is 20.9 Å². The van der Waals surface area contributed by atoms with Crippen LogP contribution in [0.15, 0.2) is 55.7 Å². The van der Waals surface area contributed by atoms with E-state index in [-0.39, 0.29) is 20.5 Å². The first-order chi connectivity index (χ1) is 12.1. The van der Waals surface area contributed by atoms with Gasteiger partial charge in [-0.1, -0.05) is 12.1 Å². The molecule has 11 heteroatoms. The van der Waals surface area contributed by atoms with Crippen LogP contribution in [-0.2, 0) is 9.84 Å². The lowest BCUT2D eigenvalue weighted by molar-refractivity contribution is -0.387. The minimum atomic E-state index is -4.22. The molecule has 0 aliphatic carbocycles. The molecule has 0 atom stereocenters. The number of nitro groups is 1. The average molecular weight is 441 g/mol. The smallest absolute Gasteiger partial charge is 0.289 e. The van der Waals surface area contributed by atoms with Crippen molar-refractivity contribution in [3.8, 4) is 0 Å². The van der Waals surface area contributed by atoms with Crippen LogP contribution >= 0.6 is 15.9 Å². The summed E-state index contributed by atoms with van der Waals surface area (Å²) in [6.45, 7) is 1.43. The number of amides is 1. The van der Waals surface area contributed by atoms with Gasteiger partial charge < -0.3 is 11.5 Å². The third-order valence-electron chi connectivity index (χ3n) is 3.38. The Morgan fingerprint density at radius 2 is 1.81 bits per heavy atom. The van der Waals surface area contributed by atoms with E-state index < -0.39 is 37.2 Å². The SMILES string of the molecule is Cc1cc(S(=O)(=O)c2ccccc2Br)c([N+](=O)[O-])cc1C(=O)N=C(N)N. The van der Waals surface area contributed by atoms with Crippen molar-refractivity contribution in [2.75, 3.05) is 0 Å². The van der Waals surface area contributed by atoms with Crippen LogP contribution in [0, 0.1) is 17.0 Å². The maximum atomic E-state index is 12.9. The van der Waals surface area contributed by atoms with Crippen LogP contribution in [0.5, 0.6) is 0 Å². The van der Waals surface area contributed by atoms with Crippen molar-refractivity contribution >= 4 is 43.3 Å². The van der Waals surface area contributed by atoms with Crippen LogP contribution in [0.3, 0.4) is 0 Å². The topological polar surface area (TPSA) is 159 Å². The predicted octanol–water partition coefficient (Wildman–Crippen LogP) is 1.91. The van der Waals surface area contributed by atoms with E-state index in [4.69, 9.17) is 11.5 Å². The van der Waals surface area contributed by atoms with E-state index in [1.54, 1.807) is 6.07 Å². The molecule has 2 rings (SSSR count). The van der Waals surface area contributed by atoms with Gasteiger partial charge in [0, 0.05) is 10.5 Å². The zero-order valence-corrected chi connectivity index (χ0v) is 15.7. The van der Waals surface area contributed by atoms with Gasteiger partial charge in [-0.3, -0.25) is 14.9 Å². The van der Waals surface area contributed by atoms with Crippen LogP contribution in [-0.4, -0.2) is 25.2 Å². The van der Waals surface area contributed by atoms with E-state index >= 15 is 0 Å². The Labute approximate surface area is 156 Å². The number of halogens is 1. The molecule has 0 heterocycles. The molecule has 0 saturated carbocycles. The lowest BCUT2D eigenvalue weighted by atomic mass is 10.1. The number of carbonyl (C=O) groups is 1. The Hall–Kier alpha value is -2.79. The second-order valence-electron chi connectivity index (χ2n) is 5.17. The van der Waals surface area contributed by atoms with Gasteiger partial charge in [0.2, 0.25) is 9.84 Å². The lowest BCUT2D eigenvalue weighted by Crippen LogP contribution is -2.24. The van der Waals surface area contributed by atoms with Crippen LogP contribution < -0.4 is 11.5 Å². The molecular weight excluding hydrogens is 428 g/mol. The quantitative estimate of drug-likeness (QED) is 0.317. The summed E-state index contributed by atoms with van der Waals surface area (Å²) >= 11 is 3.13. The largest absolute Gasteiger partial charge is 0.370 e. The van der Waals surface area contributed by atoms with E-state index in [1.165, 1.54) is 25.1 Å². The molecule has 0 spiro atoms. The number of hydrogen-bond donors (Lipinski definition) is 2. The molecule has 0 aliphatic rings. The van der Waals surface area contributed by atoms with Gasteiger partial charge >= 0.3 is 0 Å². The van der Waals surface area contributed by atoms with Crippen molar-refractivity contribution in [1.82, 2.24) is 0 Å². The normalized spacial score (nSPS) is 11.0. The molecule has 1 amide bonds. The van der Waals surface area contributed by atoms with E-state index in [0.717, 1.165) is 12.1 Å². The maximum absolute atomic E-state index is 12.9. The number of benzene rings is 2. The second-order valence-corrected chi connectivity index (χ2v) is 7.91. The van der Waals surface area contributed by atoms with E-state index in [1.807, 2.05) is 0 Å². The first kappa shape index (κ1) is 19.5. The Bertz CT molecular complexity index is 1050. The maximum Gasteiger partial charge on any atom is 0.289 e. The number of sulfone groups is 1. The Balaban J connectivity index is 2.77. The molecule has 2 aromatic carbocycles. The number of carbonyl (C=O) groups excluding carboxylic acids is 1. The molecule has 0 aromatic heterocycles. The highest BCUT2D eigenvalue weighted by molar-refractivity contribution is 9.10. The highest BCUT2D eigenvalue weighted by atomic mass is 79.9. The molecule has 0 fully saturated rings. The van der Waals surface area contributed by atoms with Crippen molar-refractivity contribution < 1.29 is 18.1 Å². The minimum absolute atomic E-state index is 0.134. The first-order valence-electron chi connectivity index (χ1n) is 6.98. The lowest BCUT2D eigenvalue weighted by Gasteiger charge is -2.10. The zero-order valence-electron chi connectivity index (χ0n) is 13.3. The van der Waals surface area contributed by atoms with Crippen molar-refractivity contribution in [3.05, 3.63) is 62.1 Å². The molecule has 0 radical (unpaired) electrons. The van der Waals surface area contributed by atoms with Crippen molar-refractivity contribution in [3.63, 3.8) is 0 Å². The fourth-order valence-corrected chi connectivity index (χ4v) is 4.70. The van der Waals surface area contributed by atoms with Gasteiger partial charge in [0.05, 0.1) is 15.4 Å². The van der Waals surface area contributed by atoms with Gasteiger partial charge in [0.25, 0.3) is 11.6 Å². The monoisotopic (exact) mass is 440 g/mol. The Morgan fingerprint density at radius 3 is 2.35 bits per heavy atom. The molecule has 136 valence electrons. The molecule has 9 nitrogen and oxygen atoms in total. The average Bonchev–Trinajstić information content (AvgIpc) is 2.53. The van der Waals surface area contributed by atoms with Gasteiger partial charge in [-0.15, -0.1) is 0 Å².